The Morgan fingerprint density at radius 1 is 1.11 bits per heavy atom. The number of hydrogen-bond donors (Lipinski definition) is 0. The van der Waals surface area contributed by atoms with Gasteiger partial charge < -0.3 is 26.7 Å². The number of hydrogen-bond acceptors (Lipinski definition) is 3. The van der Waals surface area contributed by atoms with E-state index in [1.54, 1.807) is 6.92 Å². The standard InChI is InChI=1S/C10H20NO3.BF4/c1-5-13-9(3)11(4)8-7-10(12)14-6-2;2-1(3,4)5/h5-8H2,1-4H3;/q+1;-1. The summed E-state index contributed by atoms with van der Waals surface area (Å²) in [7, 11) is -4.11. The summed E-state index contributed by atoms with van der Waals surface area (Å²) in [5.74, 6) is 0.667. The predicted octanol–water partition coefficient (Wildman–Crippen LogP) is 2.34. The lowest BCUT2D eigenvalue weighted by Crippen LogP contribution is -2.21. The minimum atomic E-state index is -6.00. The Hall–Kier alpha value is -1.28. The molecule has 0 aliphatic carbocycles. The fraction of sp³-hybridized carbons (Fsp3) is 0.800. The van der Waals surface area contributed by atoms with Crippen LogP contribution in [0, 0.1) is 0 Å². The molecule has 0 saturated carbocycles. The third-order valence-corrected chi connectivity index (χ3v) is 1.85. The van der Waals surface area contributed by atoms with E-state index < -0.39 is 7.25 Å². The molecule has 0 aromatic heterocycles. The van der Waals surface area contributed by atoms with E-state index >= 15 is 0 Å². The monoisotopic (exact) mass is 289 g/mol. The van der Waals surface area contributed by atoms with Crippen molar-refractivity contribution in [3.05, 3.63) is 0 Å². The molecule has 0 saturated heterocycles. The topological polar surface area (TPSA) is 38.5 Å². The van der Waals surface area contributed by atoms with Crippen LogP contribution in [0.3, 0.4) is 0 Å². The second-order valence-electron chi connectivity index (χ2n) is 3.42. The zero-order valence-corrected chi connectivity index (χ0v) is 11.6. The molecule has 0 fully saturated rings. The summed E-state index contributed by atoms with van der Waals surface area (Å²) in [5, 5.41) is 0. The second kappa shape index (κ2) is 10.6. The number of carbonyl (C=O) groups is 1. The SMILES string of the molecule is CCOC(=O)CC[N+](C)=C(C)OCC.F[B-](F)(F)F. The van der Waals surface area contributed by atoms with Gasteiger partial charge in [-0.05, 0) is 13.8 Å². The lowest BCUT2D eigenvalue weighted by molar-refractivity contribution is -0.505. The summed E-state index contributed by atoms with van der Waals surface area (Å²) in [6.07, 6.45) is 0.398. The van der Waals surface area contributed by atoms with E-state index in [0.717, 1.165) is 5.90 Å². The third kappa shape index (κ3) is 19.3. The maximum atomic E-state index is 11.0. The van der Waals surface area contributed by atoms with Crippen LogP contribution in [0.2, 0.25) is 0 Å². The first-order valence-corrected chi connectivity index (χ1v) is 5.82. The lowest BCUT2D eigenvalue weighted by atomic mass is 10.3. The predicted molar refractivity (Wildman–Crippen MR) is 64.8 cm³/mol. The third-order valence-electron chi connectivity index (χ3n) is 1.85. The van der Waals surface area contributed by atoms with E-state index in [9.17, 15) is 22.1 Å². The van der Waals surface area contributed by atoms with Crippen molar-refractivity contribution in [2.75, 3.05) is 26.8 Å². The molecule has 0 atom stereocenters. The molecule has 0 bridgehead atoms. The highest BCUT2D eigenvalue weighted by molar-refractivity contribution is 6.50. The van der Waals surface area contributed by atoms with Gasteiger partial charge in [0.25, 0.3) is 0 Å². The number of carbonyl (C=O) groups excluding carboxylic acids is 1. The minimum absolute atomic E-state index is 0.163. The molecular weight excluding hydrogens is 269 g/mol. The van der Waals surface area contributed by atoms with E-state index in [2.05, 4.69) is 0 Å². The van der Waals surface area contributed by atoms with Crippen molar-refractivity contribution in [3.63, 3.8) is 0 Å². The molecule has 0 aliphatic rings. The van der Waals surface area contributed by atoms with Gasteiger partial charge in [-0.25, -0.2) is 4.58 Å². The van der Waals surface area contributed by atoms with Crippen molar-refractivity contribution in [2.45, 2.75) is 27.2 Å². The highest BCUT2D eigenvalue weighted by Gasteiger charge is 2.20. The van der Waals surface area contributed by atoms with Gasteiger partial charge in [-0.15, -0.1) is 0 Å². The van der Waals surface area contributed by atoms with Crippen LogP contribution in [0.25, 0.3) is 0 Å². The average molecular weight is 289 g/mol. The number of ether oxygens (including phenoxy) is 2. The van der Waals surface area contributed by atoms with Gasteiger partial charge >= 0.3 is 19.1 Å². The lowest BCUT2D eigenvalue weighted by Gasteiger charge is -2.03. The van der Waals surface area contributed by atoms with Crippen molar-refractivity contribution in [1.82, 2.24) is 0 Å². The van der Waals surface area contributed by atoms with E-state index in [4.69, 9.17) is 9.47 Å². The Morgan fingerprint density at radius 2 is 1.53 bits per heavy atom. The van der Waals surface area contributed by atoms with Crippen molar-refractivity contribution >= 4 is 19.1 Å². The first-order chi connectivity index (χ1) is 8.61. The number of esters is 1. The highest BCUT2D eigenvalue weighted by atomic mass is 19.5. The molecule has 0 amide bonds. The van der Waals surface area contributed by atoms with E-state index in [1.807, 2.05) is 25.5 Å². The molecule has 19 heavy (non-hydrogen) atoms. The highest BCUT2D eigenvalue weighted by Crippen LogP contribution is 2.06. The minimum Gasteiger partial charge on any atom is -0.466 e. The molecule has 0 rings (SSSR count). The Morgan fingerprint density at radius 3 is 1.89 bits per heavy atom. The van der Waals surface area contributed by atoms with Gasteiger partial charge in [0.05, 0.1) is 20.1 Å². The summed E-state index contributed by atoms with van der Waals surface area (Å²) in [5.41, 5.74) is 0. The average Bonchev–Trinajstić information content (AvgIpc) is 2.24. The number of nitrogens with zero attached hydrogens (tertiary/aromatic N) is 1. The summed E-state index contributed by atoms with van der Waals surface area (Å²) in [4.78, 5) is 11.0. The molecule has 0 N–H and O–H groups in total. The number of rotatable bonds is 5. The molecule has 0 heterocycles. The Kier molecular flexibility index (Phi) is 11.2. The molecule has 9 heteroatoms. The van der Waals surface area contributed by atoms with E-state index in [-0.39, 0.29) is 5.97 Å². The van der Waals surface area contributed by atoms with Crippen LogP contribution in [0.4, 0.5) is 17.3 Å². The smallest absolute Gasteiger partial charge is 0.466 e. The molecule has 0 spiro atoms. The molecule has 0 aromatic carbocycles. The Labute approximate surface area is 110 Å². The maximum absolute atomic E-state index is 11.0. The van der Waals surface area contributed by atoms with Gasteiger partial charge in [-0.3, -0.25) is 4.79 Å². The van der Waals surface area contributed by atoms with Crippen molar-refractivity contribution in [2.24, 2.45) is 0 Å². The Bertz CT molecular complexity index is 289. The summed E-state index contributed by atoms with van der Waals surface area (Å²) < 4.78 is 51.0. The van der Waals surface area contributed by atoms with Crippen molar-refractivity contribution in [1.29, 1.82) is 0 Å². The molecule has 4 nitrogen and oxygen atoms in total. The maximum Gasteiger partial charge on any atom is 0.673 e. The molecule has 114 valence electrons. The molecule has 0 radical (unpaired) electrons. The normalized spacial score (nSPS) is 12.0. The van der Waals surface area contributed by atoms with Crippen LogP contribution in [-0.2, 0) is 14.3 Å². The fourth-order valence-corrected chi connectivity index (χ4v) is 0.969. The number of halogens is 4. The van der Waals surface area contributed by atoms with Gasteiger partial charge in [-0.1, -0.05) is 0 Å². The van der Waals surface area contributed by atoms with E-state index in [1.165, 1.54) is 0 Å². The fourth-order valence-electron chi connectivity index (χ4n) is 0.969. The van der Waals surface area contributed by atoms with Crippen LogP contribution >= 0.6 is 0 Å². The molecule has 0 aliphatic heterocycles. The summed E-state index contributed by atoms with van der Waals surface area (Å²) in [6, 6.07) is 0. The Balaban J connectivity index is 0. The van der Waals surface area contributed by atoms with Gasteiger partial charge in [0.1, 0.15) is 13.5 Å². The zero-order chi connectivity index (χ0) is 15.5. The van der Waals surface area contributed by atoms with Gasteiger partial charge in [-0.2, -0.15) is 0 Å². The quantitative estimate of drug-likeness (QED) is 0.195. The van der Waals surface area contributed by atoms with Gasteiger partial charge in [0.15, 0.2) is 6.54 Å². The summed E-state index contributed by atoms with van der Waals surface area (Å²) >= 11 is 0. The van der Waals surface area contributed by atoms with Crippen molar-refractivity contribution in [3.8, 4) is 0 Å². The largest absolute Gasteiger partial charge is 0.673 e. The zero-order valence-electron chi connectivity index (χ0n) is 11.6. The van der Waals surface area contributed by atoms with Crippen LogP contribution < -0.4 is 0 Å². The van der Waals surface area contributed by atoms with Crippen LogP contribution in [0.5, 0.6) is 0 Å². The van der Waals surface area contributed by atoms with Crippen LogP contribution in [0.1, 0.15) is 27.2 Å². The van der Waals surface area contributed by atoms with Crippen LogP contribution in [-0.4, -0.2) is 50.5 Å². The first-order valence-electron chi connectivity index (χ1n) is 5.82. The second-order valence-corrected chi connectivity index (χ2v) is 3.42. The van der Waals surface area contributed by atoms with Crippen LogP contribution in [0.15, 0.2) is 0 Å². The first kappa shape index (κ1) is 20.1. The molecule has 0 unspecified atom stereocenters. The molecule has 0 aromatic rings. The van der Waals surface area contributed by atoms with Gasteiger partial charge in [0.2, 0.25) is 0 Å². The molecular formula is C10H20BF4NO3. The van der Waals surface area contributed by atoms with Gasteiger partial charge in [0, 0.05) is 0 Å². The van der Waals surface area contributed by atoms with Crippen molar-refractivity contribution < 1.29 is 36.1 Å². The summed E-state index contributed by atoms with van der Waals surface area (Å²) in [6.45, 7) is 7.34. The van der Waals surface area contributed by atoms with E-state index in [0.29, 0.717) is 26.2 Å².